The third kappa shape index (κ3) is 3.99. The third-order valence-electron chi connectivity index (χ3n) is 3.67. The van der Waals surface area contributed by atoms with Gasteiger partial charge in [-0.2, -0.15) is 0 Å². The Hall–Kier alpha value is -1.51. The van der Waals surface area contributed by atoms with Crippen LogP contribution in [0, 0.1) is 13.8 Å². The number of benzene rings is 2. The van der Waals surface area contributed by atoms with Gasteiger partial charge in [0.15, 0.2) is 0 Å². The Labute approximate surface area is 132 Å². The molecule has 0 spiro atoms. The Balaban J connectivity index is 2.14. The van der Waals surface area contributed by atoms with E-state index in [0.29, 0.717) is 0 Å². The molecule has 112 valence electrons. The van der Waals surface area contributed by atoms with Gasteiger partial charge in [0.05, 0.1) is 6.04 Å². The minimum atomic E-state index is 0.0123. The molecule has 2 nitrogen and oxygen atoms in total. The van der Waals surface area contributed by atoms with Crippen molar-refractivity contribution >= 4 is 11.6 Å². The zero-order chi connectivity index (χ0) is 15.4. The van der Waals surface area contributed by atoms with Crippen molar-refractivity contribution in [2.24, 2.45) is 0 Å². The molecule has 0 saturated heterocycles. The van der Waals surface area contributed by atoms with Crippen molar-refractivity contribution in [1.29, 1.82) is 0 Å². The molecule has 0 radical (unpaired) electrons. The summed E-state index contributed by atoms with van der Waals surface area (Å²) < 4.78 is 6.07. The fourth-order valence-corrected chi connectivity index (χ4v) is 2.54. The molecule has 0 fully saturated rings. The normalized spacial score (nSPS) is 13.8. The van der Waals surface area contributed by atoms with Crippen LogP contribution in [0.25, 0.3) is 0 Å². The highest BCUT2D eigenvalue weighted by Crippen LogP contribution is 2.25. The van der Waals surface area contributed by atoms with Gasteiger partial charge < -0.3 is 10.1 Å². The van der Waals surface area contributed by atoms with Gasteiger partial charge in [0.25, 0.3) is 0 Å². The van der Waals surface area contributed by atoms with E-state index in [1.807, 2.05) is 32.2 Å². The zero-order valence-electron chi connectivity index (χ0n) is 13.0. The molecule has 0 heterocycles. The number of likely N-dealkylation sites (N-methyl/N-ethyl adjacent to an activating group) is 1. The van der Waals surface area contributed by atoms with Gasteiger partial charge in [0.2, 0.25) is 0 Å². The second-order valence-electron chi connectivity index (χ2n) is 5.41. The highest BCUT2D eigenvalue weighted by molar-refractivity contribution is 6.31. The van der Waals surface area contributed by atoms with Gasteiger partial charge in [0, 0.05) is 5.02 Å². The predicted octanol–water partition coefficient (Wildman–Crippen LogP) is 4.68. The maximum atomic E-state index is 6.07. The Morgan fingerprint density at radius 2 is 1.71 bits per heavy atom. The van der Waals surface area contributed by atoms with Crippen molar-refractivity contribution in [3.63, 3.8) is 0 Å². The molecule has 0 aromatic heterocycles. The Bertz CT molecular complexity index is 595. The molecule has 3 heteroatoms. The van der Waals surface area contributed by atoms with Crippen LogP contribution in [0.15, 0.2) is 42.5 Å². The molecule has 0 bridgehead atoms. The highest BCUT2D eigenvalue weighted by atomic mass is 35.5. The lowest BCUT2D eigenvalue weighted by atomic mass is 10.0. The number of hydrogen-bond donors (Lipinski definition) is 1. The molecule has 2 aromatic rings. The molecule has 0 aliphatic carbocycles. The topological polar surface area (TPSA) is 21.3 Å². The summed E-state index contributed by atoms with van der Waals surface area (Å²) in [6.07, 6.45) is 0.0123. The second kappa shape index (κ2) is 6.97. The van der Waals surface area contributed by atoms with Crippen LogP contribution in [0.1, 0.15) is 29.7 Å². The van der Waals surface area contributed by atoms with Crippen LogP contribution in [0.3, 0.4) is 0 Å². The highest BCUT2D eigenvalue weighted by Gasteiger charge is 2.19. The van der Waals surface area contributed by atoms with E-state index in [1.165, 1.54) is 11.1 Å². The molecule has 0 aliphatic rings. The number of ether oxygens (including phenoxy) is 1. The van der Waals surface area contributed by atoms with Crippen molar-refractivity contribution in [2.45, 2.75) is 32.9 Å². The third-order valence-corrected chi connectivity index (χ3v) is 4.09. The lowest BCUT2D eigenvalue weighted by molar-refractivity contribution is 0.175. The summed E-state index contributed by atoms with van der Waals surface area (Å²) in [4.78, 5) is 0. The molecule has 2 atom stereocenters. The predicted molar refractivity (Wildman–Crippen MR) is 89.3 cm³/mol. The molecule has 21 heavy (non-hydrogen) atoms. The maximum Gasteiger partial charge on any atom is 0.120 e. The van der Waals surface area contributed by atoms with Gasteiger partial charge in [-0.25, -0.2) is 0 Å². The molecule has 2 aromatic carbocycles. The van der Waals surface area contributed by atoms with E-state index < -0.39 is 0 Å². The summed E-state index contributed by atoms with van der Waals surface area (Å²) in [5.41, 5.74) is 3.51. The lowest BCUT2D eigenvalue weighted by Gasteiger charge is -2.25. The van der Waals surface area contributed by atoms with Crippen LogP contribution in [0.2, 0.25) is 5.02 Å². The van der Waals surface area contributed by atoms with Gasteiger partial charge in [-0.05, 0) is 57.1 Å². The first-order valence-electron chi connectivity index (χ1n) is 7.18. The summed E-state index contributed by atoms with van der Waals surface area (Å²) in [7, 11) is 1.96. The van der Waals surface area contributed by atoms with Crippen molar-refractivity contribution in [3.8, 4) is 5.75 Å². The number of rotatable bonds is 5. The summed E-state index contributed by atoms with van der Waals surface area (Å²) in [5, 5.41) is 4.10. The Kier molecular flexibility index (Phi) is 5.27. The van der Waals surface area contributed by atoms with Crippen LogP contribution < -0.4 is 10.1 Å². The molecule has 1 N–H and O–H groups in total. The molecular weight excluding hydrogens is 282 g/mol. The van der Waals surface area contributed by atoms with Crippen molar-refractivity contribution in [3.05, 3.63) is 64.2 Å². The zero-order valence-corrected chi connectivity index (χ0v) is 13.7. The van der Waals surface area contributed by atoms with E-state index in [2.05, 4.69) is 43.4 Å². The van der Waals surface area contributed by atoms with Crippen LogP contribution in [-0.4, -0.2) is 13.2 Å². The minimum Gasteiger partial charge on any atom is -0.489 e. The molecular formula is C18H22ClNO. The van der Waals surface area contributed by atoms with E-state index in [1.54, 1.807) is 0 Å². The average Bonchev–Trinajstić information content (AvgIpc) is 2.46. The fourth-order valence-electron chi connectivity index (χ4n) is 2.42. The first-order chi connectivity index (χ1) is 10.0. The minimum absolute atomic E-state index is 0.0123. The number of aryl methyl sites for hydroxylation is 2. The summed E-state index contributed by atoms with van der Waals surface area (Å²) >= 11 is 6.05. The van der Waals surface area contributed by atoms with Gasteiger partial charge in [-0.15, -0.1) is 0 Å². The smallest absolute Gasteiger partial charge is 0.120 e. The molecule has 0 saturated carbocycles. The summed E-state index contributed by atoms with van der Waals surface area (Å²) in [5.74, 6) is 0.844. The quantitative estimate of drug-likeness (QED) is 0.865. The summed E-state index contributed by atoms with van der Waals surface area (Å²) in [6, 6.07) is 14.4. The van der Waals surface area contributed by atoms with Gasteiger partial charge in [-0.1, -0.05) is 41.4 Å². The van der Waals surface area contributed by atoms with E-state index in [9.17, 15) is 0 Å². The Morgan fingerprint density at radius 3 is 2.29 bits per heavy atom. The largest absolute Gasteiger partial charge is 0.489 e. The molecule has 2 unspecified atom stereocenters. The monoisotopic (exact) mass is 303 g/mol. The Morgan fingerprint density at radius 1 is 1.05 bits per heavy atom. The van der Waals surface area contributed by atoms with Crippen LogP contribution in [0.5, 0.6) is 5.75 Å². The van der Waals surface area contributed by atoms with Crippen molar-refractivity contribution in [1.82, 2.24) is 5.32 Å². The van der Waals surface area contributed by atoms with E-state index in [4.69, 9.17) is 16.3 Å². The van der Waals surface area contributed by atoms with E-state index in [0.717, 1.165) is 16.3 Å². The summed E-state index contributed by atoms with van der Waals surface area (Å²) in [6.45, 7) is 6.15. The lowest BCUT2D eigenvalue weighted by Crippen LogP contribution is -2.31. The molecule has 2 rings (SSSR count). The van der Waals surface area contributed by atoms with E-state index >= 15 is 0 Å². The molecule has 0 amide bonds. The van der Waals surface area contributed by atoms with E-state index in [-0.39, 0.29) is 12.1 Å². The van der Waals surface area contributed by atoms with Gasteiger partial charge in [-0.3, -0.25) is 0 Å². The van der Waals surface area contributed by atoms with Crippen molar-refractivity contribution < 1.29 is 4.74 Å². The van der Waals surface area contributed by atoms with Gasteiger partial charge >= 0.3 is 0 Å². The first kappa shape index (κ1) is 15.9. The van der Waals surface area contributed by atoms with Gasteiger partial charge in [0.1, 0.15) is 11.9 Å². The van der Waals surface area contributed by atoms with Crippen LogP contribution >= 0.6 is 11.6 Å². The second-order valence-corrected chi connectivity index (χ2v) is 5.82. The number of halogens is 1. The number of hydrogen-bond acceptors (Lipinski definition) is 2. The van der Waals surface area contributed by atoms with Crippen LogP contribution in [-0.2, 0) is 0 Å². The first-order valence-corrected chi connectivity index (χ1v) is 7.55. The average molecular weight is 304 g/mol. The fraction of sp³-hybridized carbons (Fsp3) is 0.333. The van der Waals surface area contributed by atoms with Crippen LogP contribution in [0.4, 0.5) is 0 Å². The van der Waals surface area contributed by atoms with Crippen molar-refractivity contribution in [2.75, 3.05) is 7.05 Å². The molecule has 0 aliphatic heterocycles. The standard InChI is InChI=1S/C18H22ClNO/c1-12-5-7-15(8-6-12)18(20-4)14(3)21-16-9-10-17(19)13(2)11-16/h5-11,14,18,20H,1-4H3. The maximum absolute atomic E-state index is 6.07. The number of nitrogens with one attached hydrogen (secondary N) is 1. The SMILES string of the molecule is CNC(c1ccc(C)cc1)C(C)Oc1ccc(Cl)c(C)c1.